The minimum atomic E-state index is -0.499. The lowest BCUT2D eigenvalue weighted by molar-refractivity contribution is 0.00578. The summed E-state index contributed by atoms with van der Waals surface area (Å²) >= 11 is 0. The van der Waals surface area contributed by atoms with E-state index in [1.54, 1.807) is 6.20 Å². The number of aryl methyl sites for hydroxylation is 1. The number of hydrogen-bond acceptors (Lipinski definition) is 3. The first kappa shape index (κ1) is 13.1. The van der Waals surface area contributed by atoms with E-state index in [1.807, 2.05) is 40.7 Å². The van der Waals surface area contributed by atoms with Crippen molar-refractivity contribution in [3.63, 3.8) is 0 Å². The maximum absolute atomic E-state index is 5.97. The van der Waals surface area contributed by atoms with Crippen LogP contribution in [0.2, 0.25) is 0 Å². The van der Waals surface area contributed by atoms with Crippen molar-refractivity contribution in [2.24, 2.45) is 0 Å². The molecule has 0 radical (unpaired) electrons. The Kier molecular flexibility index (Phi) is 3.00. The molecular weight excluding hydrogens is 225 g/mol. The Bertz CT molecular complexity index is 501. The Balaban J connectivity index is 2.42. The largest absolute Gasteiger partial charge is 0.515 e. The maximum atomic E-state index is 5.97. The molecule has 18 heavy (non-hydrogen) atoms. The lowest BCUT2D eigenvalue weighted by atomic mass is 9.80. The summed E-state index contributed by atoms with van der Waals surface area (Å²) in [4.78, 5) is 4.33. The minimum Gasteiger partial charge on any atom is -0.398 e. The molecule has 0 saturated carbocycles. The van der Waals surface area contributed by atoms with Gasteiger partial charge in [-0.25, -0.2) is 0 Å². The summed E-state index contributed by atoms with van der Waals surface area (Å²) in [5.74, 6) is 2.67. The topological polar surface area (TPSA) is 31.4 Å². The van der Waals surface area contributed by atoms with Crippen LogP contribution in [0.5, 0.6) is 0 Å². The average molecular weight is 243 g/mol. The molecule has 1 aromatic heterocycles. The van der Waals surface area contributed by atoms with Crippen LogP contribution in [0.4, 0.5) is 0 Å². The smallest absolute Gasteiger partial charge is 0.398 e. The highest BCUT2D eigenvalue weighted by molar-refractivity contribution is 6.61. The number of aromatic nitrogens is 1. The van der Waals surface area contributed by atoms with Crippen LogP contribution in [0, 0.1) is 19.3 Å². The van der Waals surface area contributed by atoms with Crippen LogP contribution < -0.4 is 5.59 Å². The van der Waals surface area contributed by atoms with Gasteiger partial charge in [0.05, 0.1) is 16.8 Å². The summed E-state index contributed by atoms with van der Waals surface area (Å²) in [5.41, 5.74) is 1.70. The predicted molar refractivity (Wildman–Crippen MR) is 72.6 cm³/mol. The molecule has 1 saturated heterocycles. The third-order valence-corrected chi connectivity index (χ3v) is 3.81. The Hall–Kier alpha value is -1.31. The molecule has 0 atom stereocenters. The van der Waals surface area contributed by atoms with Crippen LogP contribution in [0.25, 0.3) is 0 Å². The molecule has 0 N–H and O–H groups in total. The maximum Gasteiger partial charge on any atom is 0.515 e. The highest BCUT2D eigenvalue weighted by Gasteiger charge is 2.52. The van der Waals surface area contributed by atoms with Gasteiger partial charge in [0.1, 0.15) is 0 Å². The van der Waals surface area contributed by atoms with Gasteiger partial charge in [-0.05, 0) is 46.2 Å². The van der Waals surface area contributed by atoms with Gasteiger partial charge in [0.15, 0.2) is 0 Å². The zero-order chi connectivity index (χ0) is 13.6. The van der Waals surface area contributed by atoms with Crippen LogP contribution in [-0.4, -0.2) is 23.3 Å². The molecule has 0 aromatic carbocycles. The highest BCUT2D eigenvalue weighted by atomic mass is 16.7. The Morgan fingerprint density at radius 1 is 1.22 bits per heavy atom. The number of rotatable bonds is 1. The summed E-state index contributed by atoms with van der Waals surface area (Å²) in [7, 11) is -0.499. The van der Waals surface area contributed by atoms with Crippen molar-refractivity contribution in [2.75, 3.05) is 0 Å². The summed E-state index contributed by atoms with van der Waals surface area (Å²) < 4.78 is 11.9. The van der Waals surface area contributed by atoms with Gasteiger partial charge in [0, 0.05) is 11.8 Å². The lowest BCUT2D eigenvalue weighted by Crippen LogP contribution is -2.41. The van der Waals surface area contributed by atoms with Gasteiger partial charge in [-0.1, -0.05) is 5.92 Å². The molecular formula is C14H18BNO2. The summed E-state index contributed by atoms with van der Waals surface area (Å²) in [6.07, 6.45) is 7.29. The molecule has 0 unspecified atom stereocenters. The van der Waals surface area contributed by atoms with Crippen molar-refractivity contribution < 1.29 is 9.31 Å². The fourth-order valence-electron chi connectivity index (χ4n) is 1.90. The van der Waals surface area contributed by atoms with E-state index in [4.69, 9.17) is 15.7 Å². The van der Waals surface area contributed by atoms with Gasteiger partial charge >= 0.3 is 7.12 Å². The molecule has 0 aliphatic carbocycles. The number of pyridine rings is 1. The molecule has 2 heterocycles. The van der Waals surface area contributed by atoms with Crippen LogP contribution >= 0.6 is 0 Å². The Labute approximate surface area is 109 Å². The van der Waals surface area contributed by atoms with E-state index < -0.39 is 7.12 Å². The summed E-state index contributed by atoms with van der Waals surface area (Å²) in [6.45, 7) is 10.0. The van der Waals surface area contributed by atoms with Crippen molar-refractivity contribution in [3.8, 4) is 12.3 Å². The molecule has 94 valence electrons. The van der Waals surface area contributed by atoms with Crippen molar-refractivity contribution in [2.45, 2.75) is 45.8 Å². The standard InChI is InChI=1S/C14H18BNO2/c1-7-11-10(2)8-9-16-12(11)15-17-13(3,4)14(5,6)18-15/h1,8-9H,2-6H3. The van der Waals surface area contributed by atoms with E-state index in [-0.39, 0.29) is 11.2 Å². The van der Waals surface area contributed by atoms with Crippen molar-refractivity contribution in [1.82, 2.24) is 4.98 Å². The van der Waals surface area contributed by atoms with Gasteiger partial charge in [0.2, 0.25) is 0 Å². The monoisotopic (exact) mass is 243 g/mol. The van der Waals surface area contributed by atoms with Crippen molar-refractivity contribution in [3.05, 3.63) is 23.4 Å². The van der Waals surface area contributed by atoms with Crippen LogP contribution in [0.15, 0.2) is 12.3 Å². The molecule has 0 amide bonds. The Morgan fingerprint density at radius 3 is 2.28 bits per heavy atom. The fraction of sp³-hybridized carbons (Fsp3) is 0.500. The second-order valence-electron chi connectivity index (χ2n) is 5.62. The summed E-state index contributed by atoms with van der Waals surface area (Å²) in [5, 5.41) is 0. The minimum absolute atomic E-state index is 0.380. The second kappa shape index (κ2) is 4.12. The van der Waals surface area contributed by atoms with Crippen LogP contribution in [-0.2, 0) is 9.31 Å². The molecule has 0 bridgehead atoms. The highest BCUT2D eigenvalue weighted by Crippen LogP contribution is 2.36. The molecule has 1 aliphatic heterocycles. The number of terminal acetylenes is 1. The van der Waals surface area contributed by atoms with E-state index in [0.29, 0.717) is 5.59 Å². The van der Waals surface area contributed by atoms with E-state index >= 15 is 0 Å². The normalized spacial score (nSPS) is 20.8. The van der Waals surface area contributed by atoms with Gasteiger partial charge in [0.25, 0.3) is 0 Å². The van der Waals surface area contributed by atoms with Crippen LogP contribution in [0.3, 0.4) is 0 Å². The molecule has 4 heteroatoms. The van der Waals surface area contributed by atoms with E-state index in [0.717, 1.165) is 11.1 Å². The zero-order valence-corrected chi connectivity index (χ0v) is 11.6. The summed E-state index contributed by atoms with van der Waals surface area (Å²) in [6, 6.07) is 1.89. The lowest BCUT2D eigenvalue weighted by Gasteiger charge is -2.32. The number of hydrogen-bond donors (Lipinski definition) is 0. The molecule has 2 rings (SSSR count). The third-order valence-electron chi connectivity index (χ3n) is 3.81. The first-order valence-electron chi connectivity index (χ1n) is 6.06. The average Bonchev–Trinajstić information content (AvgIpc) is 2.47. The van der Waals surface area contributed by atoms with Gasteiger partial charge in [-0.15, -0.1) is 6.42 Å². The molecule has 0 spiro atoms. The molecule has 1 aliphatic rings. The van der Waals surface area contributed by atoms with Crippen molar-refractivity contribution >= 4 is 12.7 Å². The SMILES string of the molecule is C#Cc1c(C)ccnc1B1OC(C)(C)C(C)(C)O1. The van der Waals surface area contributed by atoms with Crippen LogP contribution in [0.1, 0.15) is 38.8 Å². The molecule has 3 nitrogen and oxygen atoms in total. The second-order valence-corrected chi connectivity index (χ2v) is 5.62. The molecule has 1 aromatic rings. The van der Waals surface area contributed by atoms with Gasteiger partial charge in [-0.3, -0.25) is 4.98 Å². The predicted octanol–water partition coefficient (Wildman–Crippen LogP) is 1.67. The first-order valence-corrected chi connectivity index (χ1v) is 6.06. The van der Waals surface area contributed by atoms with Gasteiger partial charge in [-0.2, -0.15) is 0 Å². The van der Waals surface area contributed by atoms with E-state index in [9.17, 15) is 0 Å². The zero-order valence-electron chi connectivity index (χ0n) is 11.6. The Morgan fingerprint density at radius 2 is 1.78 bits per heavy atom. The molecule has 1 fully saturated rings. The number of nitrogens with zero attached hydrogens (tertiary/aromatic N) is 1. The fourth-order valence-corrected chi connectivity index (χ4v) is 1.90. The third kappa shape index (κ3) is 1.94. The quantitative estimate of drug-likeness (QED) is 0.555. The van der Waals surface area contributed by atoms with E-state index in [1.165, 1.54) is 0 Å². The first-order chi connectivity index (χ1) is 8.28. The van der Waals surface area contributed by atoms with Crippen molar-refractivity contribution in [1.29, 1.82) is 0 Å². The van der Waals surface area contributed by atoms with E-state index in [2.05, 4.69) is 10.9 Å². The van der Waals surface area contributed by atoms with Gasteiger partial charge < -0.3 is 9.31 Å².